The van der Waals surface area contributed by atoms with E-state index in [4.69, 9.17) is 10.5 Å². The highest BCUT2D eigenvalue weighted by Crippen LogP contribution is 2.27. The van der Waals surface area contributed by atoms with Crippen LogP contribution >= 0.6 is 0 Å². The monoisotopic (exact) mass is 287 g/mol. The Bertz CT molecular complexity index is 615. The Labute approximate surface area is 124 Å². The van der Waals surface area contributed by atoms with Crippen LogP contribution in [0.5, 0.6) is 5.75 Å². The maximum atomic E-state index is 11.3. The Morgan fingerprint density at radius 1 is 1.33 bits per heavy atom. The fraction of sp³-hybridized carbons (Fsp3) is 0.375. The van der Waals surface area contributed by atoms with Crippen molar-refractivity contribution in [3.05, 3.63) is 29.8 Å². The molecule has 21 heavy (non-hydrogen) atoms. The number of hydrogen-bond acceptors (Lipinski definition) is 4. The smallest absolute Gasteiger partial charge is 0.156 e. The van der Waals surface area contributed by atoms with E-state index in [1.54, 1.807) is 11.8 Å². The summed E-state index contributed by atoms with van der Waals surface area (Å²) in [6.45, 7) is 5.00. The fourth-order valence-electron chi connectivity index (χ4n) is 2.12. The summed E-state index contributed by atoms with van der Waals surface area (Å²) in [5.41, 5.74) is 7.96. The van der Waals surface area contributed by atoms with Gasteiger partial charge in [0.2, 0.25) is 0 Å². The lowest BCUT2D eigenvalue weighted by Crippen LogP contribution is -2.07. The average Bonchev–Trinajstić information content (AvgIpc) is 2.81. The quantitative estimate of drug-likeness (QED) is 0.829. The van der Waals surface area contributed by atoms with Gasteiger partial charge in [-0.1, -0.05) is 13.8 Å². The van der Waals surface area contributed by atoms with Gasteiger partial charge in [-0.2, -0.15) is 5.10 Å². The van der Waals surface area contributed by atoms with E-state index in [0.717, 1.165) is 24.0 Å². The minimum absolute atomic E-state index is 0.427. The van der Waals surface area contributed by atoms with Gasteiger partial charge < -0.3 is 10.5 Å². The summed E-state index contributed by atoms with van der Waals surface area (Å²) in [6, 6.07) is 7.43. The first-order valence-electron chi connectivity index (χ1n) is 7.02. The molecule has 0 spiro atoms. The summed E-state index contributed by atoms with van der Waals surface area (Å²) in [5.74, 6) is 1.74. The maximum Gasteiger partial charge on any atom is 0.156 e. The molecule has 0 saturated heterocycles. The van der Waals surface area contributed by atoms with E-state index >= 15 is 0 Å². The normalized spacial score (nSPS) is 10.9. The minimum Gasteiger partial charge on any atom is -0.497 e. The number of hydrogen-bond donors (Lipinski definition) is 1. The number of carbonyl (C=O) groups excluding carboxylic acids is 1. The SMILES string of the molecule is COc1ccc(-c2nn(CCC(C)C)c(N)c2C=O)cc1. The number of aldehydes is 1. The molecule has 0 saturated carbocycles. The van der Waals surface area contributed by atoms with Gasteiger partial charge in [-0.15, -0.1) is 0 Å². The molecule has 2 rings (SSSR count). The first-order chi connectivity index (χ1) is 10.1. The Balaban J connectivity index is 2.37. The van der Waals surface area contributed by atoms with Gasteiger partial charge in [0.1, 0.15) is 17.3 Å². The van der Waals surface area contributed by atoms with Crippen molar-refractivity contribution in [1.82, 2.24) is 9.78 Å². The molecule has 112 valence electrons. The third-order valence-electron chi connectivity index (χ3n) is 3.43. The summed E-state index contributed by atoms with van der Waals surface area (Å²) >= 11 is 0. The van der Waals surface area contributed by atoms with Crippen molar-refractivity contribution in [3.8, 4) is 17.0 Å². The van der Waals surface area contributed by atoms with E-state index in [1.165, 1.54) is 0 Å². The van der Waals surface area contributed by atoms with Crippen molar-refractivity contribution in [2.75, 3.05) is 12.8 Å². The van der Waals surface area contributed by atoms with Crippen LogP contribution in [0.15, 0.2) is 24.3 Å². The second-order valence-corrected chi connectivity index (χ2v) is 5.40. The van der Waals surface area contributed by atoms with E-state index in [1.807, 2.05) is 24.3 Å². The van der Waals surface area contributed by atoms with Gasteiger partial charge in [0.05, 0.1) is 12.7 Å². The Kier molecular flexibility index (Phi) is 4.62. The Hall–Kier alpha value is -2.30. The Morgan fingerprint density at radius 3 is 2.52 bits per heavy atom. The van der Waals surface area contributed by atoms with Crippen LogP contribution in [0.2, 0.25) is 0 Å². The van der Waals surface area contributed by atoms with Gasteiger partial charge in [-0.25, -0.2) is 4.68 Å². The highest BCUT2D eigenvalue weighted by Gasteiger charge is 2.16. The molecule has 0 radical (unpaired) electrons. The summed E-state index contributed by atoms with van der Waals surface area (Å²) in [5, 5.41) is 4.50. The van der Waals surface area contributed by atoms with Crippen LogP contribution in [-0.4, -0.2) is 23.2 Å². The molecule has 0 aliphatic heterocycles. The number of benzene rings is 1. The zero-order chi connectivity index (χ0) is 15.4. The number of anilines is 1. The van der Waals surface area contributed by atoms with Crippen molar-refractivity contribution in [2.24, 2.45) is 5.92 Å². The van der Waals surface area contributed by atoms with E-state index in [2.05, 4.69) is 18.9 Å². The second-order valence-electron chi connectivity index (χ2n) is 5.40. The predicted octanol–water partition coefficient (Wildman–Crippen LogP) is 3.00. The highest BCUT2D eigenvalue weighted by atomic mass is 16.5. The van der Waals surface area contributed by atoms with Crippen LogP contribution in [0.4, 0.5) is 5.82 Å². The van der Waals surface area contributed by atoms with Crippen molar-refractivity contribution < 1.29 is 9.53 Å². The number of carbonyl (C=O) groups is 1. The highest BCUT2D eigenvalue weighted by molar-refractivity contribution is 5.91. The maximum absolute atomic E-state index is 11.3. The molecule has 0 atom stereocenters. The third-order valence-corrected chi connectivity index (χ3v) is 3.43. The number of aryl methyl sites for hydroxylation is 1. The molecular weight excluding hydrogens is 266 g/mol. The number of nitrogen functional groups attached to an aromatic ring is 1. The number of methoxy groups -OCH3 is 1. The molecule has 0 aliphatic rings. The van der Waals surface area contributed by atoms with Gasteiger partial charge in [-0.3, -0.25) is 4.79 Å². The van der Waals surface area contributed by atoms with Crippen molar-refractivity contribution in [3.63, 3.8) is 0 Å². The van der Waals surface area contributed by atoms with Crippen LogP contribution in [0.3, 0.4) is 0 Å². The number of nitrogens with zero attached hydrogens (tertiary/aromatic N) is 2. The number of aromatic nitrogens is 2. The predicted molar refractivity (Wildman–Crippen MR) is 83.5 cm³/mol. The van der Waals surface area contributed by atoms with E-state index in [-0.39, 0.29) is 0 Å². The first-order valence-corrected chi connectivity index (χ1v) is 7.02. The molecule has 5 nitrogen and oxygen atoms in total. The molecular formula is C16H21N3O2. The summed E-state index contributed by atoms with van der Waals surface area (Å²) in [7, 11) is 1.62. The van der Waals surface area contributed by atoms with Gasteiger partial charge in [-0.05, 0) is 36.6 Å². The molecule has 1 heterocycles. The lowest BCUT2D eigenvalue weighted by molar-refractivity contribution is 0.112. The van der Waals surface area contributed by atoms with Crippen LogP contribution in [0.1, 0.15) is 30.6 Å². The van der Waals surface area contributed by atoms with E-state index < -0.39 is 0 Å². The Morgan fingerprint density at radius 2 is 2.00 bits per heavy atom. The van der Waals surface area contributed by atoms with Gasteiger partial charge in [0, 0.05) is 12.1 Å². The summed E-state index contributed by atoms with van der Waals surface area (Å²) in [6.07, 6.45) is 1.74. The molecule has 0 unspecified atom stereocenters. The van der Waals surface area contributed by atoms with Crippen molar-refractivity contribution in [2.45, 2.75) is 26.8 Å². The zero-order valence-corrected chi connectivity index (χ0v) is 12.7. The average molecular weight is 287 g/mol. The van der Waals surface area contributed by atoms with Crippen LogP contribution in [-0.2, 0) is 6.54 Å². The molecule has 1 aromatic heterocycles. The van der Waals surface area contributed by atoms with Crippen LogP contribution in [0, 0.1) is 5.92 Å². The number of rotatable bonds is 6. The lowest BCUT2D eigenvalue weighted by Gasteiger charge is -2.06. The molecule has 2 aromatic rings. The minimum atomic E-state index is 0.427. The number of nitrogens with two attached hydrogens (primary N) is 1. The standard InChI is InChI=1S/C16H21N3O2/c1-11(2)8-9-19-16(17)14(10-20)15(18-19)12-4-6-13(21-3)7-5-12/h4-7,10-11H,8-9,17H2,1-3H3. The second kappa shape index (κ2) is 6.43. The lowest BCUT2D eigenvalue weighted by atomic mass is 10.1. The van der Waals surface area contributed by atoms with Gasteiger partial charge in [0.15, 0.2) is 6.29 Å². The molecule has 5 heteroatoms. The molecule has 0 amide bonds. The molecule has 0 bridgehead atoms. The summed E-state index contributed by atoms with van der Waals surface area (Å²) < 4.78 is 6.85. The topological polar surface area (TPSA) is 70.1 Å². The molecule has 0 aliphatic carbocycles. The van der Waals surface area contributed by atoms with Crippen molar-refractivity contribution >= 4 is 12.1 Å². The fourth-order valence-corrected chi connectivity index (χ4v) is 2.12. The zero-order valence-electron chi connectivity index (χ0n) is 12.7. The number of ether oxygens (including phenoxy) is 1. The van der Waals surface area contributed by atoms with E-state index in [9.17, 15) is 4.79 Å². The largest absolute Gasteiger partial charge is 0.497 e. The first kappa shape index (κ1) is 15.1. The van der Waals surface area contributed by atoms with Crippen LogP contribution < -0.4 is 10.5 Å². The summed E-state index contributed by atoms with van der Waals surface area (Å²) in [4.78, 5) is 11.3. The molecule has 1 aromatic carbocycles. The van der Waals surface area contributed by atoms with Gasteiger partial charge >= 0.3 is 0 Å². The third kappa shape index (κ3) is 3.24. The van der Waals surface area contributed by atoms with Crippen molar-refractivity contribution in [1.29, 1.82) is 0 Å². The van der Waals surface area contributed by atoms with E-state index in [0.29, 0.717) is 29.5 Å². The van der Waals surface area contributed by atoms with Crippen LogP contribution in [0.25, 0.3) is 11.3 Å². The molecule has 2 N–H and O–H groups in total. The molecule has 0 fully saturated rings. The van der Waals surface area contributed by atoms with Gasteiger partial charge in [0.25, 0.3) is 0 Å².